The van der Waals surface area contributed by atoms with Crippen molar-refractivity contribution in [3.05, 3.63) is 77.4 Å². The number of nitrogens with zero attached hydrogens (tertiary/aromatic N) is 4. The molecule has 49 heavy (non-hydrogen) atoms. The van der Waals surface area contributed by atoms with Gasteiger partial charge in [0.25, 0.3) is 5.91 Å². The number of para-hydroxylation sites is 2. The summed E-state index contributed by atoms with van der Waals surface area (Å²) in [4.78, 5) is 32.3. The first kappa shape index (κ1) is 33.5. The molecule has 0 radical (unpaired) electrons. The van der Waals surface area contributed by atoms with Crippen LogP contribution < -0.4 is 19.3 Å². The smallest absolute Gasteiger partial charge is 0.270 e. The number of benzene rings is 3. The van der Waals surface area contributed by atoms with E-state index in [9.17, 15) is 18.7 Å². The molecule has 2 fully saturated rings. The molecule has 2 unspecified atom stereocenters. The van der Waals surface area contributed by atoms with Crippen LogP contribution in [0.25, 0.3) is 22.2 Å². The van der Waals surface area contributed by atoms with Crippen molar-refractivity contribution in [3.63, 3.8) is 0 Å². The molecule has 2 amide bonds. The van der Waals surface area contributed by atoms with Gasteiger partial charge >= 0.3 is 0 Å². The first-order valence-electron chi connectivity index (χ1n) is 17.0. The van der Waals surface area contributed by atoms with Crippen molar-refractivity contribution in [2.75, 3.05) is 52.1 Å². The molecule has 11 heteroatoms. The zero-order chi connectivity index (χ0) is 34.8. The number of rotatable bonds is 8. The zero-order valence-electron chi connectivity index (χ0n) is 29.2. The molecular weight excluding hydrogens is 639 g/mol. The lowest BCUT2D eigenvalue weighted by Crippen LogP contribution is -2.38. The van der Waals surface area contributed by atoms with Crippen LogP contribution in [-0.4, -0.2) is 72.1 Å². The number of amides is 2. The molecule has 2 heterocycles. The Kier molecular flexibility index (Phi) is 8.46. The van der Waals surface area contributed by atoms with Gasteiger partial charge in [0.05, 0.1) is 29.6 Å². The van der Waals surface area contributed by atoms with E-state index in [1.165, 1.54) is 30.4 Å². The number of hydrogen-bond donors (Lipinski definition) is 3. The van der Waals surface area contributed by atoms with E-state index < -0.39 is 22.3 Å². The number of fused-ring (bicyclic) bond motifs is 7. The lowest BCUT2D eigenvalue weighted by atomic mass is 9.81. The maximum atomic E-state index is 14.9. The molecular formula is C38H47N5O5S. The molecule has 3 aliphatic rings. The number of carbonyl (C=O) groups excluding carboxylic acids is 2. The van der Waals surface area contributed by atoms with Crippen molar-refractivity contribution < 1.29 is 23.4 Å². The molecule has 2 atom stereocenters. The first-order chi connectivity index (χ1) is 23.4. The summed E-state index contributed by atoms with van der Waals surface area (Å²) in [5, 5.41) is 1.08. The molecule has 1 aliphatic heterocycles. The maximum absolute atomic E-state index is 14.9. The highest BCUT2D eigenvalue weighted by Crippen LogP contribution is 2.66. The fourth-order valence-corrected chi connectivity index (χ4v) is 8.82. The first-order valence-corrected chi connectivity index (χ1v) is 18.5. The maximum Gasteiger partial charge on any atom is 0.270 e. The third kappa shape index (κ3) is 5.57. The normalized spacial score (nSPS) is 20.6. The molecule has 1 aromatic heterocycles. The van der Waals surface area contributed by atoms with E-state index in [4.69, 9.17) is 4.74 Å². The molecule has 3 aromatic carbocycles. The molecule has 3 N–H and O–H groups in total. The average Bonchev–Trinajstić information content (AvgIpc) is 3.77. The second-order valence-corrected chi connectivity index (χ2v) is 16.3. The van der Waals surface area contributed by atoms with Crippen LogP contribution in [0.5, 0.6) is 5.75 Å². The summed E-state index contributed by atoms with van der Waals surface area (Å²) < 4.78 is 32.6. The second kappa shape index (κ2) is 12.4. The number of carbonyl (C=O) groups is 2. The number of methoxy groups -OCH3 is 1. The van der Waals surface area contributed by atoms with Crippen molar-refractivity contribution in [2.24, 2.45) is 5.41 Å². The summed E-state index contributed by atoms with van der Waals surface area (Å²) in [6.45, 7) is 0.457. The molecule has 260 valence electrons. The van der Waals surface area contributed by atoms with Gasteiger partial charge in [-0.05, 0) is 78.8 Å². The van der Waals surface area contributed by atoms with Crippen LogP contribution in [-0.2, 0) is 11.3 Å². The van der Waals surface area contributed by atoms with Crippen LogP contribution in [0.4, 0.5) is 11.4 Å². The monoisotopic (exact) mass is 685 g/mol. The van der Waals surface area contributed by atoms with E-state index in [2.05, 4.69) is 21.4 Å². The molecule has 2 saturated carbocycles. The Balaban J connectivity index is 1.43. The quantitative estimate of drug-likeness (QED) is 0.177. The summed E-state index contributed by atoms with van der Waals surface area (Å²) in [7, 11) is 7.05. The van der Waals surface area contributed by atoms with Gasteiger partial charge in [-0.3, -0.25) is 18.7 Å². The van der Waals surface area contributed by atoms with Crippen LogP contribution in [0.1, 0.15) is 71.8 Å². The zero-order valence-corrected chi connectivity index (χ0v) is 30.0. The summed E-state index contributed by atoms with van der Waals surface area (Å²) in [6.07, 6.45) is 6.42. The second-order valence-electron chi connectivity index (χ2n) is 14.3. The predicted molar refractivity (Wildman–Crippen MR) is 198 cm³/mol. The molecule has 0 saturated heterocycles. The fourth-order valence-electron chi connectivity index (χ4n) is 8.27. The highest BCUT2D eigenvalue weighted by Gasteiger charge is 2.63. The lowest BCUT2D eigenvalue weighted by molar-refractivity contribution is -0.124. The van der Waals surface area contributed by atoms with Gasteiger partial charge in [-0.2, -0.15) is 4.31 Å². The molecule has 7 rings (SSSR count). The van der Waals surface area contributed by atoms with Crippen LogP contribution in [0, 0.1) is 5.41 Å². The van der Waals surface area contributed by atoms with E-state index in [0.717, 1.165) is 70.5 Å². The minimum Gasteiger partial charge on any atom is -0.497 e. The van der Waals surface area contributed by atoms with Gasteiger partial charge in [-0.1, -0.05) is 48.4 Å². The third-order valence-electron chi connectivity index (χ3n) is 11.0. The predicted octanol–water partition coefficient (Wildman–Crippen LogP) is 7.45. The third-order valence-corrected chi connectivity index (χ3v) is 12.5. The van der Waals surface area contributed by atoms with Gasteiger partial charge in [0.2, 0.25) is 5.91 Å². The molecule has 0 spiro atoms. The SMILES string of the molecule is COc1ccc2c(c1)C1CC1(C(=O)N(C)c1ccccc1N(C)C)Cn1c-2c(C2CCCCC2)c2ccc(C(=O)NS(O)(O)N(C)C)cc21. The van der Waals surface area contributed by atoms with Crippen LogP contribution >= 0.6 is 11.0 Å². The summed E-state index contributed by atoms with van der Waals surface area (Å²) in [6, 6.07) is 19.9. The van der Waals surface area contributed by atoms with Gasteiger partial charge in [-0.15, -0.1) is 0 Å². The van der Waals surface area contributed by atoms with Gasteiger partial charge in [-0.25, -0.2) is 4.72 Å². The van der Waals surface area contributed by atoms with Crippen molar-refractivity contribution in [3.8, 4) is 17.0 Å². The Hall–Kier alpha value is -4.03. The Morgan fingerprint density at radius 1 is 0.939 bits per heavy atom. The summed E-state index contributed by atoms with van der Waals surface area (Å²) >= 11 is 0. The van der Waals surface area contributed by atoms with Crippen molar-refractivity contribution in [1.29, 1.82) is 0 Å². The molecule has 2 aliphatic carbocycles. The highest BCUT2D eigenvalue weighted by atomic mass is 32.3. The number of aromatic nitrogens is 1. The minimum atomic E-state index is -3.49. The number of hydrogen-bond acceptors (Lipinski definition) is 7. The van der Waals surface area contributed by atoms with Crippen LogP contribution in [0.3, 0.4) is 0 Å². The number of anilines is 2. The topological polar surface area (TPSA) is 111 Å². The van der Waals surface area contributed by atoms with E-state index >= 15 is 0 Å². The van der Waals surface area contributed by atoms with Crippen molar-refractivity contribution in [1.82, 2.24) is 13.6 Å². The molecule has 0 bridgehead atoms. The highest BCUT2D eigenvalue weighted by molar-refractivity contribution is 8.21. The Morgan fingerprint density at radius 2 is 1.65 bits per heavy atom. The summed E-state index contributed by atoms with van der Waals surface area (Å²) in [5.41, 5.74) is 6.94. The van der Waals surface area contributed by atoms with Gasteiger partial charge in [0, 0.05) is 69.7 Å². The Morgan fingerprint density at radius 3 is 2.33 bits per heavy atom. The van der Waals surface area contributed by atoms with E-state index in [1.54, 1.807) is 13.2 Å². The van der Waals surface area contributed by atoms with Crippen molar-refractivity contribution in [2.45, 2.75) is 56.9 Å². The molecule has 10 nitrogen and oxygen atoms in total. The van der Waals surface area contributed by atoms with Crippen LogP contribution in [0.15, 0.2) is 60.7 Å². The van der Waals surface area contributed by atoms with Gasteiger partial charge in [0.15, 0.2) is 0 Å². The lowest BCUT2D eigenvalue weighted by Gasteiger charge is -2.37. The Bertz CT molecular complexity index is 1950. The average molecular weight is 686 g/mol. The minimum absolute atomic E-state index is 0.00667. The van der Waals surface area contributed by atoms with Crippen molar-refractivity contribution >= 4 is 45.1 Å². The number of nitrogens with one attached hydrogen (secondary N) is 1. The van der Waals surface area contributed by atoms with E-state index in [0.29, 0.717) is 24.4 Å². The number of ether oxygens (including phenoxy) is 1. The largest absolute Gasteiger partial charge is 0.497 e. The molecule has 4 aromatic rings. The van der Waals surface area contributed by atoms with E-state index in [1.807, 2.05) is 73.4 Å². The standard InChI is InChI=1S/C38H47N5O5S/c1-40(2)31-14-10-11-15-32(31)42(5)37(45)38-22-30(38)29-21-26(48-6)17-19-27(29)35-34(24-12-8-7-9-13-24)28-18-16-25(20-33(28)43(35)23-38)36(44)39-49(46,47)41(3)4/h10-11,14-21,24,30,46-47H,7-9,12-13,22-23H2,1-6H3,(H,39,44). The van der Waals surface area contributed by atoms with Gasteiger partial charge < -0.3 is 19.1 Å². The van der Waals surface area contributed by atoms with E-state index in [-0.39, 0.29) is 11.8 Å². The van der Waals surface area contributed by atoms with Gasteiger partial charge in [0.1, 0.15) is 5.75 Å². The summed E-state index contributed by atoms with van der Waals surface area (Å²) in [5.74, 6) is 0.592. The van der Waals surface area contributed by atoms with Crippen LogP contribution in [0.2, 0.25) is 0 Å². The fraction of sp³-hybridized carbons (Fsp3) is 0.421. The Labute approximate surface area is 290 Å².